The number of aromatic nitrogens is 2. The number of carbonyl (C=O) groups is 2. The standard InChI is InChI=1S/C18H26N4O3/c1-11(2)17-19-16(20-25-17)12-5-7-21(8-6-12)18(24)13-9-15(23)22(10-13)14-3-4-14/h11-14H,3-10H2,1-2H3. The zero-order valence-electron chi connectivity index (χ0n) is 15.0. The van der Waals surface area contributed by atoms with E-state index >= 15 is 0 Å². The van der Waals surface area contributed by atoms with E-state index in [4.69, 9.17) is 4.52 Å². The van der Waals surface area contributed by atoms with Crippen LogP contribution in [0.2, 0.25) is 0 Å². The molecule has 0 N–H and O–H groups in total. The third-order valence-corrected chi connectivity index (χ3v) is 5.62. The third kappa shape index (κ3) is 3.28. The van der Waals surface area contributed by atoms with Crippen LogP contribution in [0.15, 0.2) is 4.52 Å². The molecule has 3 fully saturated rings. The highest BCUT2D eigenvalue weighted by molar-refractivity contribution is 5.89. The Morgan fingerprint density at radius 1 is 1.20 bits per heavy atom. The van der Waals surface area contributed by atoms with Crippen molar-refractivity contribution in [2.75, 3.05) is 19.6 Å². The van der Waals surface area contributed by atoms with Gasteiger partial charge in [-0.3, -0.25) is 9.59 Å². The molecule has 4 rings (SSSR count). The number of piperidine rings is 1. The fraction of sp³-hybridized carbons (Fsp3) is 0.778. The average Bonchev–Trinajstić information content (AvgIpc) is 3.18. The summed E-state index contributed by atoms with van der Waals surface area (Å²) in [6.07, 6.45) is 4.30. The van der Waals surface area contributed by atoms with Crippen LogP contribution in [0.4, 0.5) is 0 Å². The topological polar surface area (TPSA) is 79.5 Å². The smallest absolute Gasteiger partial charge is 0.229 e. The Bertz CT molecular complexity index is 659. The number of hydrogen-bond acceptors (Lipinski definition) is 5. The molecule has 2 saturated heterocycles. The summed E-state index contributed by atoms with van der Waals surface area (Å²) in [5, 5.41) is 4.11. The summed E-state index contributed by atoms with van der Waals surface area (Å²) < 4.78 is 5.30. The van der Waals surface area contributed by atoms with Crippen LogP contribution >= 0.6 is 0 Å². The summed E-state index contributed by atoms with van der Waals surface area (Å²) in [6, 6.07) is 0.407. The van der Waals surface area contributed by atoms with Gasteiger partial charge in [-0.1, -0.05) is 19.0 Å². The summed E-state index contributed by atoms with van der Waals surface area (Å²) in [5.74, 6) is 2.09. The van der Waals surface area contributed by atoms with E-state index in [-0.39, 0.29) is 29.6 Å². The first-order valence-corrected chi connectivity index (χ1v) is 9.44. The molecule has 3 heterocycles. The minimum Gasteiger partial charge on any atom is -0.342 e. The summed E-state index contributed by atoms with van der Waals surface area (Å²) in [4.78, 5) is 33.2. The molecule has 0 spiro atoms. The highest BCUT2D eigenvalue weighted by Gasteiger charge is 2.43. The lowest BCUT2D eigenvalue weighted by Gasteiger charge is -2.32. The van der Waals surface area contributed by atoms with Crippen molar-refractivity contribution in [3.8, 4) is 0 Å². The number of hydrogen-bond donors (Lipinski definition) is 0. The molecule has 7 nitrogen and oxygen atoms in total. The van der Waals surface area contributed by atoms with Gasteiger partial charge in [-0.05, 0) is 25.7 Å². The van der Waals surface area contributed by atoms with Gasteiger partial charge in [-0.25, -0.2) is 0 Å². The fourth-order valence-corrected chi connectivity index (χ4v) is 3.90. The van der Waals surface area contributed by atoms with Crippen LogP contribution in [0.25, 0.3) is 0 Å². The minimum atomic E-state index is -0.151. The van der Waals surface area contributed by atoms with Gasteiger partial charge in [0.15, 0.2) is 5.82 Å². The highest BCUT2D eigenvalue weighted by Crippen LogP contribution is 2.34. The van der Waals surface area contributed by atoms with E-state index in [9.17, 15) is 9.59 Å². The van der Waals surface area contributed by atoms with Gasteiger partial charge < -0.3 is 14.3 Å². The van der Waals surface area contributed by atoms with Crippen molar-refractivity contribution in [1.82, 2.24) is 19.9 Å². The van der Waals surface area contributed by atoms with E-state index in [0.717, 1.165) is 31.5 Å². The van der Waals surface area contributed by atoms with Gasteiger partial charge in [0.1, 0.15) is 0 Å². The van der Waals surface area contributed by atoms with Crippen molar-refractivity contribution in [3.63, 3.8) is 0 Å². The number of nitrogens with zero attached hydrogens (tertiary/aromatic N) is 4. The lowest BCUT2D eigenvalue weighted by Crippen LogP contribution is -2.42. The van der Waals surface area contributed by atoms with Crippen LogP contribution in [0, 0.1) is 5.92 Å². The van der Waals surface area contributed by atoms with Gasteiger partial charge in [0.2, 0.25) is 17.7 Å². The first-order chi connectivity index (χ1) is 12.0. The molecule has 2 aliphatic heterocycles. The largest absolute Gasteiger partial charge is 0.342 e. The summed E-state index contributed by atoms with van der Waals surface area (Å²) >= 11 is 0. The van der Waals surface area contributed by atoms with E-state index in [2.05, 4.69) is 10.1 Å². The van der Waals surface area contributed by atoms with E-state index < -0.39 is 0 Å². The SMILES string of the molecule is CC(C)c1nc(C2CCN(C(=O)C3CC(=O)N(C4CC4)C3)CC2)no1. The third-order valence-electron chi connectivity index (χ3n) is 5.62. The van der Waals surface area contributed by atoms with E-state index in [1.54, 1.807) is 0 Å². The molecule has 25 heavy (non-hydrogen) atoms. The molecule has 1 saturated carbocycles. The molecule has 1 aromatic rings. The maximum absolute atomic E-state index is 12.8. The Morgan fingerprint density at radius 3 is 2.52 bits per heavy atom. The van der Waals surface area contributed by atoms with Crippen LogP contribution in [0.1, 0.15) is 69.5 Å². The van der Waals surface area contributed by atoms with Crippen LogP contribution in [0.3, 0.4) is 0 Å². The monoisotopic (exact) mass is 346 g/mol. The molecule has 0 aromatic carbocycles. The predicted octanol–water partition coefficient (Wildman–Crippen LogP) is 1.91. The maximum Gasteiger partial charge on any atom is 0.229 e. The van der Waals surface area contributed by atoms with Gasteiger partial charge in [0, 0.05) is 43.9 Å². The van der Waals surface area contributed by atoms with E-state index in [1.165, 1.54) is 0 Å². The van der Waals surface area contributed by atoms with Crippen molar-refractivity contribution in [1.29, 1.82) is 0 Å². The molecule has 1 aromatic heterocycles. The van der Waals surface area contributed by atoms with Crippen LogP contribution in [-0.4, -0.2) is 57.4 Å². The molecule has 0 bridgehead atoms. The number of rotatable bonds is 4. The second-order valence-corrected chi connectivity index (χ2v) is 7.92. The zero-order chi connectivity index (χ0) is 17.6. The highest BCUT2D eigenvalue weighted by atomic mass is 16.5. The Hall–Kier alpha value is -1.92. The Labute approximate surface area is 147 Å². The van der Waals surface area contributed by atoms with Gasteiger partial charge in [-0.15, -0.1) is 0 Å². The van der Waals surface area contributed by atoms with Crippen LogP contribution in [-0.2, 0) is 9.59 Å². The van der Waals surface area contributed by atoms with Crippen molar-refractivity contribution in [3.05, 3.63) is 11.7 Å². The lowest BCUT2D eigenvalue weighted by molar-refractivity contribution is -0.136. The molecule has 0 radical (unpaired) electrons. The molecule has 1 unspecified atom stereocenters. The molecule has 136 valence electrons. The first-order valence-electron chi connectivity index (χ1n) is 9.44. The van der Waals surface area contributed by atoms with Gasteiger partial charge in [0.05, 0.1) is 5.92 Å². The Balaban J connectivity index is 1.32. The van der Waals surface area contributed by atoms with E-state index in [1.807, 2.05) is 23.6 Å². The first kappa shape index (κ1) is 16.5. The molecule has 1 atom stereocenters. The average molecular weight is 346 g/mol. The van der Waals surface area contributed by atoms with Crippen molar-refractivity contribution < 1.29 is 14.1 Å². The molecule has 3 aliphatic rings. The Morgan fingerprint density at radius 2 is 1.92 bits per heavy atom. The maximum atomic E-state index is 12.8. The van der Waals surface area contributed by atoms with Crippen LogP contribution in [0.5, 0.6) is 0 Å². The zero-order valence-corrected chi connectivity index (χ0v) is 15.0. The summed E-state index contributed by atoms with van der Waals surface area (Å²) in [7, 11) is 0. The fourth-order valence-electron chi connectivity index (χ4n) is 3.90. The van der Waals surface area contributed by atoms with Crippen molar-refractivity contribution >= 4 is 11.8 Å². The normalized spacial score (nSPS) is 25.2. The molecular formula is C18H26N4O3. The quantitative estimate of drug-likeness (QED) is 0.832. The van der Waals surface area contributed by atoms with Gasteiger partial charge >= 0.3 is 0 Å². The predicted molar refractivity (Wildman–Crippen MR) is 89.8 cm³/mol. The van der Waals surface area contributed by atoms with Gasteiger partial charge in [-0.2, -0.15) is 4.98 Å². The van der Waals surface area contributed by atoms with Crippen LogP contribution < -0.4 is 0 Å². The van der Waals surface area contributed by atoms with Gasteiger partial charge in [0.25, 0.3) is 0 Å². The number of carbonyl (C=O) groups excluding carboxylic acids is 2. The number of likely N-dealkylation sites (tertiary alicyclic amines) is 2. The van der Waals surface area contributed by atoms with E-state index in [0.29, 0.717) is 38.0 Å². The molecule has 2 amide bonds. The number of amides is 2. The Kier molecular flexibility index (Phi) is 4.25. The van der Waals surface area contributed by atoms with Crippen molar-refractivity contribution in [2.45, 2.75) is 63.8 Å². The summed E-state index contributed by atoms with van der Waals surface area (Å²) in [6.45, 7) is 6.11. The lowest BCUT2D eigenvalue weighted by atomic mass is 9.95. The second-order valence-electron chi connectivity index (χ2n) is 7.92. The summed E-state index contributed by atoms with van der Waals surface area (Å²) in [5.41, 5.74) is 0. The molecular weight excluding hydrogens is 320 g/mol. The molecule has 1 aliphatic carbocycles. The minimum absolute atomic E-state index is 0.144. The van der Waals surface area contributed by atoms with Crippen molar-refractivity contribution in [2.24, 2.45) is 5.92 Å². The molecule has 7 heteroatoms. The second kappa shape index (κ2) is 6.42.